The molecule has 0 radical (unpaired) electrons. The van der Waals surface area contributed by atoms with Gasteiger partial charge in [-0.2, -0.15) is 0 Å². The lowest BCUT2D eigenvalue weighted by Gasteiger charge is -2.32. The third-order valence-electron chi connectivity index (χ3n) is 3.64. The second-order valence-electron chi connectivity index (χ2n) is 5.75. The van der Waals surface area contributed by atoms with Gasteiger partial charge in [0.05, 0.1) is 5.56 Å². The first-order chi connectivity index (χ1) is 9.54. The fraction of sp³-hybridized carbons (Fsp3) is 0.600. The standard InChI is InChI=1S/C15H22ClN3O/c1-11-4-3-7-19(9-11)10-12(2)18-15(20)13-5-6-14(16)17-8-13/h5-6,8,11-12H,3-4,7,9-10H2,1-2H3,(H,18,20)/t11-,12+/m0/s1. The summed E-state index contributed by atoms with van der Waals surface area (Å²) in [6.07, 6.45) is 4.07. The Morgan fingerprint density at radius 3 is 3.05 bits per heavy atom. The second-order valence-corrected chi connectivity index (χ2v) is 6.14. The number of piperidine rings is 1. The van der Waals surface area contributed by atoms with E-state index in [-0.39, 0.29) is 11.9 Å². The van der Waals surface area contributed by atoms with Crippen molar-refractivity contribution in [1.29, 1.82) is 0 Å². The lowest BCUT2D eigenvalue weighted by atomic mass is 10.00. The Labute approximate surface area is 125 Å². The van der Waals surface area contributed by atoms with Crippen molar-refractivity contribution in [2.24, 2.45) is 5.92 Å². The van der Waals surface area contributed by atoms with E-state index in [0.717, 1.165) is 25.6 Å². The minimum absolute atomic E-state index is 0.0910. The van der Waals surface area contributed by atoms with Gasteiger partial charge in [0.1, 0.15) is 5.15 Å². The zero-order valence-electron chi connectivity index (χ0n) is 12.1. The summed E-state index contributed by atoms with van der Waals surface area (Å²) in [4.78, 5) is 18.4. The Hall–Kier alpha value is -1.13. The van der Waals surface area contributed by atoms with E-state index in [9.17, 15) is 4.79 Å². The van der Waals surface area contributed by atoms with Crippen LogP contribution in [-0.2, 0) is 0 Å². The number of rotatable bonds is 4. The molecule has 1 N–H and O–H groups in total. The van der Waals surface area contributed by atoms with Gasteiger partial charge >= 0.3 is 0 Å². The van der Waals surface area contributed by atoms with Gasteiger partial charge in [0.25, 0.3) is 5.91 Å². The first-order valence-corrected chi connectivity index (χ1v) is 7.57. The predicted octanol–water partition coefficient (Wildman–Crippen LogP) is 2.59. The van der Waals surface area contributed by atoms with Crippen LogP contribution in [0.3, 0.4) is 0 Å². The van der Waals surface area contributed by atoms with Crippen molar-refractivity contribution in [2.45, 2.75) is 32.7 Å². The highest BCUT2D eigenvalue weighted by Crippen LogP contribution is 2.15. The van der Waals surface area contributed by atoms with Crippen LogP contribution in [0.1, 0.15) is 37.0 Å². The van der Waals surface area contributed by atoms with Crippen molar-refractivity contribution < 1.29 is 4.79 Å². The normalized spacial score (nSPS) is 21.4. The van der Waals surface area contributed by atoms with Crippen LogP contribution in [-0.4, -0.2) is 41.5 Å². The number of amides is 1. The summed E-state index contributed by atoms with van der Waals surface area (Å²) in [5.74, 6) is 0.666. The Morgan fingerprint density at radius 1 is 1.60 bits per heavy atom. The van der Waals surface area contributed by atoms with Crippen LogP contribution in [0, 0.1) is 5.92 Å². The Kier molecular flexibility index (Phi) is 5.38. The van der Waals surface area contributed by atoms with Crippen LogP contribution in [0.2, 0.25) is 5.15 Å². The van der Waals surface area contributed by atoms with Gasteiger partial charge in [-0.05, 0) is 44.4 Å². The first kappa shape index (κ1) is 15.3. The molecule has 1 aromatic heterocycles. The van der Waals surface area contributed by atoms with Gasteiger partial charge < -0.3 is 10.2 Å². The highest BCUT2D eigenvalue weighted by atomic mass is 35.5. The van der Waals surface area contributed by atoms with Crippen molar-refractivity contribution in [3.63, 3.8) is 0 Å². The number of hydrogen-bond acceptors (Lipinski definition) is 3. The highest BCUT2D eigenvalue weighted by Gasteiger charge is 2.19. The Bertz CT molecular complexity index is 449. The minimum atomic E-state index is -0.0910. The van der Waals surface area contributed by atoms with E-state index in [0.29, 0.717) is 10.7 Å². The molecule has 0 aromatic carbocycles. The molecule has 0 aliphatic carbocycles. The number of aromatic nitrogens is 1. The molecule has 2 rings (SSSR count). The quantitative estimate of drug-likeness (QED) is 0.869. The maximum atomic E-state index is 12.1. The summed E-state index contributed by atoms with van der Waals surface area (Å²) in [6.45, 7) is 7.49. The van der Waals surface area contributed by atoms with Gasteiger partial charge in [0.2, 0.25) is 0 Å². The van der Waals surface area contributed by atoms with Crippen LogP contribution >= 0.6 is 11.6 Å². The molecule has 0 saturated carbocycles. The summed E-state index contributed by atoms with van der Waals surface area (Å²) < 4.78 is 0. The van der Waals surface area contributed by atoms with Crippen molar-refractivity contribution in [3.8, 4) is 0 Å². The highest BCUT2D eigenvalue weighted by molar-refractivity contribution is 6.29. The third-order valence-corrected chi connectivity index (χ3v) is 3.86. The molecule has 1 aliphatic rings. The maximum absolute atomic E-state index is 12.1. The topological polar surface area (TPSA) is 45.2 Å². The number of likely N-dealkylation sites (tertiary alicyclic amines) is 1. The molecular formula is C15H22ClN3O. The maximum Gasteiger partial charge on any atom is 0.253 e. The monoisotopic (exact) mass is 295 g/mol. The second kappa shape index (κ2) is 7.04. The van der Waals surface area contributed by atoms with Crippen LogP contribution in [0.5, 0.6) is 0 Å². The van der Waals surface area contributed by atoms with Gasteiger partial charge in [-0.15, -0.1) is 0 Å². The van der Waals surface area contributed by atoms with E-state index < -0.39 is 0 Å². The van der Waals surface area contributed by atoms with Gasteiger partial charge in [-0.1, -0.05) is 18.5 Å². The largest absolute Gasteiger partial charge is 0.348 e. The summed E-state index contributed by atoms with van der Waals surface area (Å²) in [7, 11) is 0. The van der Waals surface area contributed by atoms with Crippen LogP contribution < -0.4 is 5.32 Å². The van der Waals surface area contributed by atoms with E-state index in [1.165, 1.54) is 19.0 Å². The average molecular weight is 296 g/mol. The zero-order valence-corrected chi connectivity index (χ0v) is 12.9. The van der Waals surface area contributed by atoms with Gasteiger partial charge in [0.15, 0.2) is 0 Å². The summed E-state index contributed by atoms with van der Waals surface area (Å²) in [5.41, 5.74) is 0.549. The molecule has 1 aromatic rings. The van der Waals surface area contributed by atoms with Crippen molar-refractivity contribution in [2.75, 3.05) is 19.6 Å². The lowest BCUT2D eigenvalue weighted by Crippen LogP contribution is -2.45. The molecule has 0 unspecified atom stereocenters. The number of hydrogen-bond donors (Lipinski definition) is 1. The van der Waals surface area contributed by atoms with E-state index in [4.69, 9.17) is 11.6 Å². The molecular weight excluding hydrogens is 274 g/mol. The van der Waals surface area contributed by atoms with Crippen molar-refractivity contribution in [1.82, 2.24) is 15.2 Å². The molecule has 110 valence electrons. The number of nitrogens with zero attached hydrogens (tertiary/aromatic N) is 2. The zero-order chi connectivity index (χ0) is 14.5. The molecule has 20 heavy (non-hydrogen) atoms. The van der Waals surface area contributed by atoms with Gasteiger partial charge in [-0.25, -0.2) is 4.98 Å². The molecule has 5 heteroatoms. The molecule has 4 nitrogen and oxygen atoms in total. The molecule has 1 amide bonds. The van der Waals surface area contributed by atoms with Crippen LogP contribution in [0.25, 0.3) is 0 Å². The SMILES string of the molecule is C[C@H]1CCCN(C[C@@H](C)NC(=O)c2ccc(Cl)nc2)C1. The number of nitrogens with one attached hydrogen (secondary N) is 1. The van der Waals surface area contributed by atoms with E-state index in [2.05, 4.69) is 22.1 Å². The average Bonchev–Trinajstić information content (AvgIpc) is 2.39. The molecule has 2 heterocycles. The van der Waals surface area contributed by atoms with Crippen molar-refractivity contribution in [3.05, 3.63) is 29.0 Å². The molecule has 1 saturated heterocycles. The lowest BCUT2D eigenvalue weighted by molar-refractivity contribution is 0.0919. The molecule has 2 atom stereocenters. The molecule has 1 aliphatic heterocycles. The van der Waals surface area contributed by atoms with E-state index in [1.54, 1.807) is 12.1 Å². The fourth-order valence-corrected chi connectivity index (χ4v) is 2.81. The smallest absolute Gasteiger partial charge is 0.253 e. The van der Waals surface area contributed by atoms with Crippen molar-refractivity contribution >= 4 is 17.5 Å². The fourth-order valence-electron chi connectivity index (χ4n) is 2.70. The Balaban J connectivity index is 1.83. The van der Waals surface area contributed by atoms with Gasteiger partial charge in [0, 0.05) is 25.3 Å². The summed E-state index contributed by atoms with van der Waals surface area (Å²) >= 11 is 5.72. The van der Waals surface area contributed by atoms with E-state index >= 15 is 0 Å². The minimum Gasteiger partial charge on any atom is -0.348 e. The third kappa shape index (κ3) is 4.46. The molecule has 0 spiro atoms. The summed E-state index contributed by atoms with van der Waals surface area (Å²) in [5, 5.41) is 3.41. The number of carbonyl (C=O) groups excluding carboxylic acids is 1. The van der Waals surface area contributed by atoms with E-state index in [1.807, 2.05) is 6.92 Å². The van der Waals surface area contributed by atoms with Crippen LogP contribution in [0.15, 0.2) is 18.3 Å². The van der Waals surface area contributed by atoms with Gasteiger partial charge in [-0.3, -0.25) is 4.79 Å². The predicted molar refractivity (Wildman–Crippen MR) is 81.0 cm³/mol. The Morgan fingerprint density at radius 2 is 2.40 bits per heavy atom. The first-order valence-electron chi connectivity index (χ1n) is 7.19. The summed E-state index contributed by atoms with van der Waals surface area (Å²) in [6, 6.07) is 3.46. The van der Waals surface area contributed by atoms with Crippen LogP contribution in [0.4, 0.5) is 0 Å². The number of halogens is 1. The molecule has 0 bridgehead atoms. The molecule has 1 fully saturated rings. The number of carbonyl (C=O) groups is 1. The number of pyridine rings is 1.